The Balaban J connectivity index is 0.922. The zero-order valence-corrected chi connectivity index (χ0v) is 33.1. The molecule has 294 valence electrons. The molecule has 0 saturated carbocycles. The molecule has 8 nitrogen and oxygen atoms in total. The number of ketones is 4. The molecule has 0 amide bonds. The van der Waals surface area contributed by atoms with E-state index in [0.29, 0.717) is 11.1 Å². The van der Waals surface area contributed by atoms with Crippen molar-refractivity contribution in [1.82, 2.24) is 9.97 Å². The average molecular weight is 803 g/mol. The van der Waals surface area contributed by atoms with E-state index >= 15 is 0 Å². The molecule has 0 atom stereocenters. The van der Waals surface area contributed by atoms with Crippen molar-refractivity contribution in [3.8, 4) is 11.1 Å². The maximum Gasteiger partial charge on any atom is 0.216 e. The standard InChI is InChI=1S/C54H34N4O4/c59-51-45-16-8-30-55-49(45)53(61)47(51)33-35-18-24-41(25-19-35)57(39-11-3-1-4-12-39)42-26-20-37(21-27-42)38-22-28-43(29-23-38)58(40-13-5-2-6-14-40)44-15-7-10-36(32-44)34-48-52(60)46-17-9-31-56-50(46)54(48)62/h1-34H. The third-order valence-corrected chi connectivity index (χ3v) is 11.0. The lowest BCUT2D eigenvalue weighted by atomic mass is 10.0. The molecule has 0 aliphatic heterocycles. The van der Waals surface area contributed by atoms with Crippen molar-refractivity contribution >= 4 is 69.4 Å². The predicted octanol–water partition coefficient (Wildman–Crippen LogP) is 12.0. The first kappa shape index (κ1) is 37.6. The van der Waals surface area contributed by atoms with E-state index in [4.69, 9.17) is 0 Å². The van der Waals surface area contributed by atoms with Gasteiger partial charge in [-0.15, -0.1) is 0 Å². The first-order valence-corrected chi connectivity index (χ1v) is 20.0. The highest BCUT2D eigenvalue weighted by molar-refractivity contribution is 6.41. The minimum Gasteiger partial charge on any atom is -0.311 e. The summed E-state index contributed by atoms with van der Waals surface area (Å²) in [7, 11) is 0. The average Bonchev–Trinajstić information content (AvgIpc) is 3.71. The van der Waals surface area contributed by atoms with Gasteiger partial charge in [-0.2, -0.15) is 0 Å². The summed E-state index contributed by atoms with van der Waals surface area (Å²) in [5.41, 5.74) is 10.4. The maximum absolute atomic E-state index is 13.1. The number of hydrogen-bond acceptors (Lipinski definition) is 8. The van der Waals surface area contributed by atoms with Crippen molar-refractivity contribution in [2.45, 2.75) is 0 Å². The molecule has 2 aliphatic carbocycles. The lowest BCUT2D eigenvalue weighted by Gasteiger charge is -2.26. The smallest absolute Gasteiger partial charge is 0.216 e. The van der Waals surface area contributed by atoms with Crippen LogP contribution in [0.4, 0.5) is 34.1 Å². The molecule has 0 saturated heterocycles. The van der Waals surface area contributed by atoms with E-state index in [-0.39, 0.29) is 45.7 Å². The molecule has 10 rings (SSSR count). The molecule has 0 bridgehead atoms. The highest BCUT2D eigenvalue weighted by Crippen LogP contribution is 2.39. The SMILES string of the molecule is O=C1C(=Cc2ccc(N(c3ccccc3)c3ccc(-c4ccc(N(c5ccccc5)c5cccc(C=C6C(=O)c7cccnc7C6=O)c5)cc4)cc3)cc2)C(=O)c2ncccc21. The van der Waals surface area contributed by atoms with Crippen LogP contribution in [0, 0.1) is 0 Å². The van der Waals surface area contributed by atoms with Gasteiger partial charge >= 0.3 is 0 Å². The number of carbonyl (C=O) groups is 4. The Hall–Kier alpha value is -8.62. The molecule has 62 heavy (non-hydrogen) atoms. The Morgan fingerprint density at radius 1 is 0.339 bits per heavy atom. The second kappa shape index (κ2) is 15.9. The van der Waals surface area contributed by atoms with Crippen molar-refractivity contribution in [1.29, 1.82) is 0 Å². The molecule has 2 aromatic heterocycles. The third kappa shape index (κ3) is 6.91. The van der Waals surface area contributed by atoms with E-state index in [1.807, 2.05) is 97.1 Å². The number of allylic oxidation sites excluding steroid dienone is 2. The monoisotopic (exact) mass is 802 g/mol. The topological polar surface area (TPSA) is 101 Å². The van der Waals surface area contributed by atoms with Crippen LogP contribution in [0.5, 0.6) is 0 Å². The van der Waals surface area contributed by atoms with Crippen LogP contribution in [-0.2, 0) is 0 Å². The van der Waals surface area contributed by atoms with E-state index in [2.05, 4.69) is 80.4 Å². The number of pyridine rings is 2. The van der Waals surface area contributed by atoms with Crippen LogP contribution in [0.15, 0.2) is 206 Å². The fourth-order valence-corrected chi connectivity index (χ4v) is 8.01. The van der Waals surface area contributed by atoms with Crippen molar-refractivity contribution in [2.75, 3.05) is 9.80 Å². The minimum absolute atomic E-state index is 0.109. The molecular weight excluding hydrogens is 769 g/mol. The molecule has 6 aromatic carbocycles. The zero-order valence-electron chi connectivity index (χ0n) is 33.1. The number of Topliss-reactive ketones (excluding diaryl/α,β-unsaturated/α-hetero) is 4. The summed E-state index contributed by atoms with van der Waals surface area (Å²) in [6.07, 6.45) is 6.34. The predicted molar refractivity (Wildman–Crippen MR) is 243 cm³/mol. The zero-order chi connectivity index (χ0) is 42.2. The highest BCUT2D eigenvalue weighted by Gasteiger charge is 2.35. The Labute approximate surface area is 357 Å². The van der Waals surface area contributed by atoms with Crippen molar-refractivity contribution in [3.63, 3.8) is 0 Å². The molecule has 8 aromatic rings. The molecule has 2 heterocycles. The molecule has 0 fully saturated rings. The van der Waals surface area contributed by atoms with Gasteiger partial charge in [0, 0.05) is 46.5 Å². The summed E-state index contributed by atoms with van der Waals surface area (Å²) >= 11 is 0. The Kier molecular flexibility index (Phi) is 9.63. The van der Waals surface area contributed by atoms with Crippen molar-refractivity contribution < 1.29 is 19.2 Å². The largest absolute Gasteiger partial charge is 0.311 e. The van der Waals surface area contributed by atoms with Crippen LogP contribution >= 0.6 is 0 Å². The van der Waals surface area contributed by atoms with E-state index in [1.165, 1.54) is 12.4 Å². The molecule has 8 heteroatoms. The van der Waals surface area contributed by atoms with Crippen LogP contribution in [0.2, 0.25) is 0 Å². The Morgan fingerprint density at radius 3 is 1.21 bits per heavy atom. The van der Waals surface area contributed by atoms with Crippen LogP contribution in [0.25, 0.3) is 23.3 Å². The van der Waals surface area contributed by atoms with E-state index in [0.717, 1.165) is 56.4 Å². The highest BCUT2D eigenvalue weighted by atomic mass is 16.2. The quantitative estimate of drug-likeness (QED) is 0.105. The molecule has 0 spiro atoms. The van der Waals surface area contributed by atoms with Crippen LogP contribution in [-0.4, -0.2) is 33.1 Å². The number of hydrogen-bond donors (Lipinski definition) is 0. The van der Waals surface area contributed by atoms with Crippen LogP contribution in [0.1, 0.15) is 52.8 Å². The second-order valence-corrected chi connectivity index (χ2v) is 14.9. The van der Waals surface area contributed by atoms with Gasteiger partial charge in [-0.1, -0.05) is 84.9 Å². The normalized spacial score (nSPS) is 14.3. The van der Waals surface area contributed by atoms with Gasteiger partial charge < -0.3 is 9.80 Å². The van der Waals surface area contributed by atoms with Crippen molar-refractivity contribution in [3.05, 3.63) is 239 Å². The van der Waals surface area contributed by atoms with E-state index < -0.39 is 0 Å². The molecule has 0 N–H and O–H groups in total. The van der Waals surface area contributed by atoms with Gasteiger partial charge in [0.15, 0.2) is 11.6 Å². The first-order valence-electron chi connectivity index (χ1n) is 20.0. The number of benzene rings is 6. The fraction of sp³-hybridized carbons (Fsp3) is 0. The summed E-state index contributed by atoms with van der Waals surface area (Å²) in [6, 6.07) is 59.1. The first-order chi connectivity index (χ1) is 30.4. The second-order valence-electron chi connectivity index (χ2n) is 14.9. The molecule has 0 unspecified atom stereocenters. The van der Waals surface area contributed by atoms with Gasteiger partial charge in [-0.3, -0.25) is 29.1 Å². The summed E-state index contributed by atoms with van der Waals surface area (Å²) < 4.78 is 0. The number of aromatic nitrogens is 2. The number of para-hydroxylation sites is 2. The molecule has 2 aliphatic rings. The lowest BCUT2D eigenvalue weighted by Crippen LogP contribution is -2.10. The number of anilines is 6. The van der Waals surface area contributed by atoms with E-state index in [9.17, 15) is 19.2 Å². The van der Waals surface area contributed by atoms with Crippen molar-refractivity contribution in [2.24, 2.45) is 0 Å². The van der Waals surface area contributed by atoms with Gasteiger partial charge in [0.25, 0.3) is 0 Å². The van der Waals surface area contributed by atoms with Gasteiger partial charge in [-0.05, 0) is 131 Å². The van der Waals surface area contributed by atoms with Gasteiger partial charge in [0.1, 0.15) is 11.4 Å². The Bertz CT molecular complexity index is 3050. The summed E-state index contributed by atoms with van der Waals surface area (Å²) in [4.78, 5) is 64.8. The number of fused-ring (bicyclic) bond motifs is 2. The van der Waals surface area contributed by atoms with E-state index in [1.54, 1.807) is 36.4 Å². The minimum atomic E-state index is -0.362. The summed E-state index contributed by atoms with van der Waals surface area (Å²) in [6.45, 7) is 0. The summed E-state index contributed by atoms with van der Waals surface area (Å²) in [5.74, 6) is -1.34. The fourth-order valence-electron chi connectivity index (χ4n) is 8.01. The maximum atomic E-state index is 13.1. The third-order valence-electron chi connectivity index (χ3n) is 11.0. The lowest BCUT2D eigenvalue weighted by molar-refractivity contribution is 0.0973. The van der Waals surface area contributed by atoms with Gasteiger partial charge in [0.05, 0.1) is 22.3 Å². The summed E-state index contributed by atoms with van der Waals surface area (Å²) in [5, 5.41) is 0. The molecular formula is C54H34N4O4. The molecule has 0 radical (unpaired) electrons. The van der Waals surface area contributed by atoms with Crippen LogP contribution < -0.4 is 9.80 Å². The number of carbonyl (C=O) groups excluding carboxylic acids is 4. The van der Waals surface area contributed by atoms with Gasteiger partial charge in [0.2, 0.25) is 11.6 Å². The number of rotatable bonds is 9. The Morgan fingerprint density at radius 2 is 0.742 bits per heavy atom. The van der Waals surface area contributed by atoms with Crippen LogP contribution in [0.3, 0.4) is 0 Å². The number of nitrogens with zero attached hydrogens (tertiary/aromatic N) is 4. The van der Waals surface area contributed by atoms with Gasteiger partial charge in [-0.25, -0.2) is 0 Å².